The van der Waals surface area contributed by atoms with E-state index < -0.39 is 0 Å². The van der Waals surface area contributed by atoms with Crippen LogP contribution in [0.5, 0.6) is 0 Å². The Hall–Kier alpha value is -0.710. The Balaban J connectivity index is 1.84. The number of benzene rings is 1. The molecule has 0 aliphatic carbocycles. The molecule has 0 radical (unpaired) electrons. The Morgan fingerprint density at radius 1 is 1.39 bits per heavy atom. The number of nitrogens with two attached hydrogens (primary N) is 1. The molecular formula is C14H23N3S. The predicted molar refractivity (Wildman–Crippen MR) is 80.3 cm³/mol. The molecule has 1 aliphatic heterocycles. The molecule has 18 heavy (non-hydrogen) atoms. The SMILES string of the molecule is CC(CCc1ccc(N)c(S)c1)N1CCNCC1. The highest BCUT2D eigenvalue weighted by Gasteiger charge is 2.15. The zero-order valence-corrected chi connectivity index (χ0v) is 11.9. The standard InChI is InChI=1S/C14H23N3S/c1-11(17-8-6-16-7-9-17)2-3-12-4-5-13(15)14(18)10-12/h4-5,10-11,16,18H,2-3,6-9,15H2,1H3. The Morgan fingerprint density at radius 3 is 2.78 bits per heavy atom. The molecule has 3 nitrogen and oxygen atoms in total. The predicted octanol–water partition coefficient (Wildman–Crippen LogP) is 1.78. The smallest absolute Gasteiger partial charge is 0.0449 e. The summed E-state index contributed by atoms with van der Waals surface area (Å²) in [4.78, 5) is 3.46. The molecule has 1 aliphatic rings. The maximum atomic E-state index is 5.77. The van der Waals surface area contributed by atoms with Crippen LogP contribution in [0.1, 0.15) is 18.9 Å². The molecule has 1 saturated heterocycles. The van der Waals surface area contributed by atoms with Crippen LogP contribution in [0.4, 0.5) is 5.69 Å². The van der Waals surface area contributed by atoms with E-state index in [1.807, 2.05) is 6.07 Å². The van der Waals surface area contributed by atoms with Gasteiger partial charge >= 0.3 is 0 Å². The quantitative estimate of drug-likeness (QED) is 0.574. The summed E-state index contributed by atoms with van der Waals surface area (Å²) in [6.45, 7) is 6.89. The summed E-state index contributed by atoms with van der Waals surface area (Å²) >= 11 is 4.37. The highest BCUT2D eigenvalue weighted by molar-refractivity contribution is 7.80. The van der Waals surface area contributed by atoms with E-state index in [1.165, 1.54) is 25.1 Å². The van der Waals surface area contributed by atoms with Gasteiger partial charge in [0.15, 0.2) is 0 Å². The summed E-state index contributed by atoms with van der Waals surface area (Å²) in [5, 5.41) is 3.39. The molecule has 0 spiro atoms. The van der Waals surface area contributed by atoms with Gasteiger partial charge in [0.25, 0.3) is 0 Å². The van der Waals surface area contributed by atoms with Crippen LogP contribution < -0.4 is 11.1 Å². The fourth-order valence-corrected chi connectivity index (χ4v) is 2.67. The van der Waals surface area contributed by atoms with Gasteiger partial charge in [0.1, 0.15) is 0 Å². The molecule has 0 aromatic heterocycles. The summed E-state index contributed by atoms with van der Waals surface area (Å²) in [6.07, 6.45) is 2.29. The van der Waals surface area contributed by atoms with E-state index in [2.05, 4.69) is 41.9 Å². The van der Waals surface area contributed by atoms with Crippen LogP contribution in [0.2, 0.25) is 0 Å². The Kier molecular flexibility index (Phi) is 4.92. The van der Waals surface area contributed by atoms with Crippen LogP contribution in [0, 0.1) is 0 Å². The van der Waals surface area contributed by atoms with E-state index in [4.69, 9.17) is 5.73 Å². The molecule has 4 heteroatoms. The summed E-state index contributed by atoms with van der Waals surface area (Å²) in [5.41, 5.74) is 7.86. The Morgan fingerprint density at radius 2 is 2.11 bits per heavy atom. The van der Waals surface area contributed by atoms with Crippen molar-refractivity contribution >= 4 is 18.3 Å². The third kappa shape index (κ3) is 3.64. The van der Waals surface area contributed by atoms with Gasteiger partial charge in [-0.15, -0.1) is 12.6 Å². The maximum absolute atomic E-state index is 5.77. The lowest BCUT2D eigenvalue weighted by Crippen LogP contribution is -2.47. The van der Waals surface area contributed by atoms with E-state index in [-0.39, 0.29) is 0 Å². The van der Waals surface area contributed by atoms with Gasteiger partial charge in [-0.3, -0.25) is 4.90 Å². The minimum atomic E-state index is 0.646. The van der Waals surface area contributed by atoms with Gasteiger partial charge in [-0.05, 0) is 37.5 Å². The lowest BCUT2D eigenvalue weighted by atomic mass is 10.0. The minimum absolute atomic E-state index is 0.646. The molecule has 0 saturated carbocycles. The van der Waals surface area contributed by atoms with Gasteiger partial charge in [0, 0.05) is 42.8 Å². The molecule has 2 rings (SSSR count). The molecule has 1 aromatic rings. The normalized spacial score (nSPS) is 18.8. The van der Waals surface area contributed by atoms with Crippen molar-refractivity contribution in [3.8, 4) is 0 Å². The third-order valence-corrected chi connectivity index (χ3v) is 4.11. The van der Waals surface area contributed by atoms with Gasteiger partial charge < -0.3 is 11.1 Å². The van der Waals surface area contributed by atoms with E-state index in [9.17, 15) is 0 Å². The zero-order valence-electron chi connectivity index (χ0n) is 11.0. The topological polar surface area (TPSA) is 41.3 Å². The molecule has 1 unspecified atom stereocenters. The molecule has 1 fully saturated rings. The number of piperazine rings is 1. The molecular weight excluding hydrogens is 242 g/mol. The summed E-state index contributed by atoms with van der Waals surface area (Å²) in [5.74, 6) is 0. The first-order valence-corrected chi connectivity index (χ1v) is 7.13. The largest absolute Gasteiger partial charge is 0.398 e. The highest BCUT2D eigenvalue weighted by atomic mass is 32.1. The van der Waals surface area contributed by atoms with Gasteiger partial charge in [0.05, 0.1) is 0 Å². The minimum Gasteiger partial charge on any atom is -0.398 e. The number of anilines is 1. The lowest BCUT2D eigenvalue weighted by Gasteiger charge is -2.32. The van der Waals surface area contributed by atoms with Crippen molar-refractivity contribution in [3.05, 3.63) is 23.8 Å². The van der Waals surface area contributed by atoms with Gasteiger partial charge in [-0.25, -0.2) is 0 Å². The fourth-order valence-electron chi connectivity index (χ4n) is 2.43. The molecule has 0 bridgehead atoms. The van der Waals surface area contributed by atoms with Crippen molar-refractivity contribution in [2.45, 2.75) is 30.7 Å². The first kappa shape index (κ1) is 13.7. The summed E-state index contributed by atoms with van der Waals surface area (Å²) in [6, 6.07) is 6.79. The number of nitrogens with one attached hydrogen (secondary N) is 1. The second kappa shape index (κ2) is 6.45. The fraction of sp³-hybridized carbons (Fsp3) is 0.571. The number of nitrogens with zero attached hydrogens (tertiary/aromatic N) is 1. The van der Waals surface area contributed by atoms with Crippen molar-refractivity contribution in [3.63, 3.8) is 0 Å². The maximum Gasteiger partial charge on any atom is 0.0449 e. The average molecular weight is 265 g/mol. The Labute approximate surface area is 115 Å². The monoisotopic (exact) mass is 265 g/mol. The van der Waals surface area contributed by atoms with E-state index in [0.29, 0.717) is 6.04 Å². The summed E-state index contributed by atoms with van der Waals surface area (Å²) < 4.78 is 0. The van der Waals surface area contributed by atoms with Gasteiger partial charge in [-0.2, -0.15) is 0 Å². The van der Waals surface area contributed by atoms with Crippen molar-refractivity contribution in [1.29, 1.82) is 0 Å². The van der Waals surface area contributed by atoms with Crippen molar-refractivity contribution in [1.82, 2.24) is 10.2 Å². The highest BCUT2D eigenvalue weighted by Crippen LogP contribution is 2.19. The number of nitrogen functional groups attached to an aromatic ring is 1. The van der Waals surface area contributed by atoms with Gasteiger partial charge in [-0.1, -0.05) is 6.07 Å². The van der Waals surface area contributed by atoms with Crippen LogP contribution in [0.25, 0.3) is 0 Å². The number of hydrogen-bond acceptors (Lipinski definition) is 4. The average Bonchev–Trinajstić information content (AvgIpc) is 2.41. The van der Waals surface area contributed by atoms with Crippen LogP contribution in [0.3, 0.4) is 0 Å². The third-order valence-electron chi connectivity index (χ3n) is 3.72. The van der Waals surface area contributed by atoms with Crippen molar-refractivity contribution < 1.29 is 0 Å². The number of thiol groups is 1. The van der Waals surface area contributed by atoms with Crippen LogP contribution in [-0.2, 0) is 6.42 Å². The van der Waals surface area contributed by atoms with Gasteiger partial charge in [0.2, 0.25) is 0 Å². The van der Waals surface area contributed by atoms with E-state index >= 15 is 0 Å². The number of aryl methyl sites for hydroxylation is 1. The van der Waals surface area contributed by atoms with E-state index in [1.54, 1.807) is 0 Å². The number of rotatable bonds is 4. The summed E-state index contributed by atoms with van der Waals surface area (Å²) in [7, 11) is 0. The van der Waals surface area contributed by atoms with Crippen LogP contribution >= 0.6 is 12.6 Å². The molecule has 1 heterocycles. The van der Waals surface area contributed by atoms with Crippen LogP contribution in [0.15, 0.2) is 23.1 Å². The van der Waals surface area contributed by atoms with E-state index in [0.717, 1.165) is 30.1 Å². The zero-order chi connectivity index (χ0) is 13.0. The first-order valence-electron chi connectivity index (χ1n) is 6.69. The molecule has 0 amide bonds. The Bertz CT molecular complexity index is 389. The van der Waals surface area contributed by atoms with Crippen LogP contribution in [-0.4, -0.2) is 37.1 Å². The van der Waals surface area contributed by atoms with Crippen molar-refractivity contribution in [2.24, 2.45) is 0 Å². The van der Waals surface area contributed by atoms with Crippen molar-refractivity contribution in [2.75, 3.05) is 31.9 Å². The second-order valence-corrected chi connectivity index (χ2v) is 5.55. The first-order chi connectivity index (χ1) is 8.66. The molecule has 3 N–H and O–H groups in total. The number of hydrogen-bond donors (Lipinski definition) is 3. The molecule has 1 aromatic carbocycles. The molecule has 1 atom stereocenters. The lowest BCUT2D eigenvalue weighted by molar-refractivity contribution is 0.177. The molecule has 100 valence electrons. The second-order valence-electron chi connectivity index (χ2n) is 5.07.